The predicted octanol–water partition coefficient (Wildman–Crippen LogP) is 4.36. The lowest BCUT2D eigenvalue weighted by Gasteiger charge is -2.11. The first-order valence-corrected chi connectivity index (χ1v) is 6.84. The lowest BCUT2D eigenvalue weighted by atomic mass is 9.94. The molecule has 1 atom stereocenters. The summed E-state index contributed by atoms with van der Waals surface area (Å²) in [5.41, 5.74) is 2.35. The summed E-state index contributed by atoms with van der Waals surface area (Å²) in [6.45, 7) is 0. The number of hydrogen-bond acceptors (Lipinski definition) is 1. The molecule has 1 nitrogen and oxygen atoms in total. The summed E-state index contributed by atoms with van der Waals surface area (Å²) in [4.78, 5) is 11.2. The lowest BCUT2D eigenvalue weighted by Crippen LogP contribution is -2.02. The normalized spacial score (nSPS) is 12.1. The number of hydrogen-bond donors (Lipinski definition) is 0. The van der Waals surface area contributed by atoms with Crippen LogP contribution in [-0.2, 0) is 11.2 Å². The molecule has 0 heterocycles. The standard InChI is InChI=1S/C16H15BrO/c17-16-9-5-4-8-14(16)10-11-15(12-18)13-6-2-1-3-7-13/h1-9,12,15H,10-11H2. The second kappa shape index (κ2) is 6.50. The van der Waals surface area contributed by atoms with Crippen molar-refractivity contribution in [2.75, 3.05) is 0 Å². The van der Waals surface area contributed by atoms with Gasteiger partial charge in [0.25, 0.3) is 0 Å². The summed E-state index contributed by atoms with van der Waals surface area (Å²) in [5.74, 6) is -0.0155. The summed E-state index contributed by atoms with van der Waals surface area (Å²) in [6.07, 6.45) is 2.79. The summed E-state index contributed by atoms with van der Waals surface area (Å²) >= 11 is 3.54. The molecule has 0 N–H and O–H groups in total. The molecule has 0 spiro atoms. The van der Waals surface area contributed by atoms with Crippen LogP contribution in [0.3, 0.4) is 0 Å². The molecule has 0 saturated carbocycles. The highest BCUT2D eigenvalue weighted by Crippen LogP contribution is 2.23. The van der Waals surface area contributed by atoms with Gasteiger partial charge in [-0.25, -0.2) is 0 Å². The molecule has 0 aromatic heterocycles. The molecule has 18 heavy (non-hydrogen) atoms. The van der Waals surface area contributed by atoms with Gasteiger partial charge >= 0.3 is 0 Å². The van der Waals surface area contributed by atoms with Crippen molar-refractivity contribution in [3.8, 4) is 0 Å². The predicted molar refractivity (Wildman–Crippen MR) is 77.7 cm³/mol. The van der Waals surface area contributed by atoms with E-state index in [4.69, 9.17) is 0 Å². The first-order chi connectivity index (χ1) is 8.81. The van der Waals surface area contributed by atoms with Crippen molar-refractivity contribution < 1.29 is 4.79 Å². The Hall–Kier alpha value is -1.41. The fourth-order valence-corrected chi connectivity index (χ4v) is 2.51. The van der Waals surface area contributed by atoms with Gasteiger partial charge in [-0.1, -0.05) is 64.5 Å². The van der Waals surface area contributed by atoms with Crippen LogP contribution in [0.15, 0.2) is 59.1 Å². The molecule has 0 amide bonds. The number of carbonyl (C=O) groups is 1. The quantitative estimate of drug-likeness (QED) is 0.750. The number of carbonyl (C=O) groups excluding carboxylic acids is 1. The minimum atomic E-state index is -0.0155. The monoisotopic (exact) mass is 302 g/mol. The smallest absolute Gasteiger partial charge is 0.127 e. The van der Waals surface area contributed by atoms with Crippen molar-refractivity contribution >= 4 is 22.2 Å². The topological polar surface area (TPSA) is 17.1 Å². The Morgan fingerprint density at radius 1 is 1.00 bits per heavy atom. The van der Waals surface area contributed by atoms with Crippen molar-refractivity contribution in [3.63, 3.8) is 0 Å². The van der Waals surface area contributed by atoms with Crippen LogP contribution in [0.4, 0.5) is 0 Å². The maximum atomic E-state index is 11.2. The Balaban J connectivity index is 2.05. The number of benzene rings is 2. The molecule has 0 radical (unpaired) electrons. The Bertz CT molecular complexity index is 508. The Morgan fingerprint density at radius 3 is 2.33 bits per heavy atom. The molecule has 0 fully saturated rings. The van der Waals surface area contributed by atoms with Crippen LogP contribution >= 0.6 is 15.9 Å². The fraction of sp³-hybridized carbons (Fsp3) is 0.188. The van der Waals surface area contributed by atoms with Gasteiger partial charge in [0.1, 0.15) is 6.29 Å². The van der Waals surface area contributed by atoms with E-state index in [0.29, 0.717) is 0 Å². The lowest BCUT2D eigenvalue weighted by molar-refractivity contribution is -0.109. The third-order valence-corrected chi connectivity index (χ3v) is 3.85. The Kier molecular flexibility index (Phi) is 4.71. The zero-order valence-electron chi connectivity index (χ0n) is 10.1. The van der Waals surface area contributed by atoms with Crippen LogP contribution in [0.2, 0.25) is 0 Å². The van der Waals surface area contributed by atoms with Crippen molar-refractivity contribution in [3.05, 3.63) is 70.2 Å². The second-order valence-electron chi connectivity index (χ2n) is 4.28. The van der Waals surface area contributed by atoms with Gasteiger partial charge in [0.15, 0.2) is 0 Å². The molecule has 2 aromatic rings. The fourth-order valence-electron chi connectivity index (χ4n) is 2.03. The van der Waals surface area contributed by atoms with Crippen LogP contribution in [-0.4, -0.2) is 6.29 Å². The van der Waals surface area contributed by atoms with E-state index >= 15 is 0 Å². The van der Waals surface area contributed by atoms with E-state index in [2.05, 4.69) is 22.0 Å². The van der Waals surface area contributed by atoms with Gasteiger partial charge in [0, 0.05) is 10.4 Å². The van der Waals surface area contributed by atoms with Gasteiger partial charge in [-0.05, 0) is 30.0 Å². The van der Waals surface area contributed by atoms with Gasteiger partial charge in [-0.2, -0.15) is 0 Å². The number of aldehydes is 1. The molecular formula is C16H15BrO. The molecule has 2 heteroatoms. The highest BCUT2D eigenvalue weighted by molar-refractivity contribution is 9.10. The maximum Gasteiger partial charge on any atom is 0.127 e. The summed E-state index contributed by atoms with van der Waals surface area (Å²) < 4.78 is 1.11. The van der Waals surface area contributed by atoms with Gasteiger partial charge < -0.3 is 4.79 Å². The molecule has 0 aliphatic rings. The van der Waals surface area contributed by atoms with Gasteiger partial charge in [0.2, 0.25) is 0 Å². The Morgan fingerprint density at radius 2 is 1.67 bits per heavy atom. The SMILES string of the molecule is O=CC(CCc1ccccc1Br)c1ccccc1. The van der Waals surface area contributed by atoms with Gasteiger partial charge in [-0.15, -0.1) is 0 Å². The summed E-state index contributed by atoms with van der Waals surface area (Å²) in [7, 11) is 0. The highest BCUT2D eigenvalue weighted by atomic mass is 79.9. The van der Waals surface area contributed by atoms with E-state index in [1.54, 1.807) is 0 Å². The van der Waals surface area contributed by atoms with E-state index in [0.717, 1.165) is 29.2 Å². The molecule has 0 aliphatic carbocycles. The first-order valence-electron chi connectivity index (χ1n) is 6.05. The zero-order valence-corrected chi connectivity index (χ0v) is 11.6. The van der Waals surface area contributed by atoms with E-state index in [9.17, 15) is 4.79 Å². The third kappa shape index (κ3) is 3.30. The van der Waals surface area contributed by atoms with Crippen LogP contribution in [0.1, 0.15) is 23.5 Å². The van der Waals surface area contributed by atoms with Crippen molar-refractivity contribution in [1.82, 2.24) is 0 Å². The first kappa shape index (κ1) is 13.0. The van der Waals surface area contributed by atoms with Crippen LogP contribution in [0, 0.1) is 0 Å². The maximum absolute atomic E-state index is 11.2. The second-order valence-corrected chi connectivity index (χ2v) is 5.14. The molecule has 92 valence electrons. The van der Waals surface area contributed by atoms with Crippen LogP contribution in [0.25, 0.3) is 0 Å². The average Bonchev–Trinajstić information content (AvgIpc) is 2.42. The molecule has 0 aliphatic heterocycles. The van der Waals surface area contributed by atoms with Gasteiger partial charge in [-0.3, -0.25) is 0 Å². The Labute approximate surface area is 116 Å². The molecule has 1 unspecified atom stereocenters. The molecule has 2 rings (SSSR count). The van der Waals surface area contributed by atoms with E-state index in [1.165, 1.54) is 5.56 Å². The summed E-state index contributed by atoms with van der Waals surface area (Å²) in [5, 5.41) is 0. The highest BCUT2D eigenvalue weighted by Gasteiger charge is 2.10. The van der Waals surface area contributed by atoms with E-state index in [-0.39, 0.29) is 5.92 Å². The number of aryl methyl sites for hydroxylation is 1. The zero-order chi connectivity index (χ0) is 12.8. The van der Waals surface area contributed by atoms with Crippen molar-refractivity contribution in [2.45, 2.75) is 18.8 Å². The van der Waals surface area contributed by atoms with Crippen LogP contribution in [0.5, 0.6) is 0 Å². The average molecular weight is 303 g/mol. The minimum Gasteiger partial charge on any atom is -0.303 e. The van der Waals surface area contributed by atoms with Crippen molar-refractivity contribution in [1.29, 1.82) is 0 Å². The largest absolute Gasteiger partial charge is 0.303 e. The number of halogens is 1. The molecule has 0 saturated heterocycles. The molecule has 2 aromatic carbocycles. The van der Waals surface area contributed by atoms with Crippen LogP contribution < -0.4 is 0 Å². The minimum absolute atomic E-state index is 0.0155. The summed E-state index contributed by atoms with van der Waals surface area (Å²) in [6, 6.07) is 18.1. The van der Waals surface area contributed by atoms with Crippen molar-refractivity contribution in [2.24, 2.45) is 0 Å². The van der Waals surface area contributed by atoms with Gasteiger partial charge in [0.05, 0.1) is 0 Å². The number of rotatable bonds is 5. The third-order valence-electron chi connectivity index (χ3n) is 3.07. The van der Waals surface area contributed by atoms with E-state index in [1.807, 2.05) is 48.5 Å². The molecule has 0 bridgehead atoms. The van der Waals surface area contributed by atoms with E-state index < -0.39 is 0 Å². The molecular weight excluding hydrogens is 288 g/mol.